The summed E-state index contributed by atoms with van der Waals surface area (Å²) in [6, 6.07) is 11.5. The van der Waals surface area contributed by atoms with Crippen LogP contribution in [0.2, 0.25) is 0 Å². The van der Waals surface area contributed by atoms with E-state index in [1.165, 1.54) is 24.3 Å². The minimum absolute atomic E-state index is 0.0313. The van der Waals surface area contributed by atoms with Gasteiger partial charge in [0, 0.05) is 0 Å². The molecule has 0 bridgehead atoms. The number of hydrogen-bond donors (Lipinski definition) is 4. The predicted molar refractivity (Wildman–Crippen MR) is 81.0 cm³/mol. The Kier molecular flexibility index (Phi) is 4.38. The molecule has 22 heavy (non-hydrogen) atoms. The van der Waals surface area contributed by atoms with Crippen LogP contribution in [-0.2, 0) is 0 Å². The highest BCUT2D eigenvalue weighted by Gasteiger charge is 2.15. The topological polar surface area (TPSA) is 122 Å². The van der Waals surface area contributed by atoms with Crippen molar-refractivity contribution in [3.05, 3.63) is 59.7 Å². The van der Waals surface area contributed by atoms with Crippen LogP contribution in [0.4, 0.5) is 16.2 Å². The summed E-state index contributed by atoms with van der Waals surface area (Å²) in [4.78, 5) is 34.4. The van der Waals surface area contributed by atoms with Crippen molar-refractivity contribution in [2.24, 2.45) is 5.73 Å². The number of carboxylic acid groups (broad SMARTS) is 1. The molecule has 0 saturated heterocycles. The summed E-state index contributed by atoms with van der Waals surface area (Å²) < 4.78 is 0. The van der Waals surface area contributed by atoms with E-state index in [4.69, 9.17) is 10.8 Å². The van der Waals surface area contributed by atoms with Gasteiger partial charge in [0.2, 0.25) is 0 Å². The number of amides is 3. The Morgan fingerprint density at radius 3 is 1.86 bits per heavy atom. The molecule has 2 rings (SSSR count). The van der Waals surface area contributed by atoms with Gasteiger partial charge in [0.25, 0.3) is 5.91 Å². The van der Waals surface area contributed by atoms with E-state index in [9.17, 15) is 14.4 Å². The molecule has 7 heteroatoms. The Hall–Kier alpha value is -3.35. The van der Waals surface area contributed by atoms with Crippen molar-refractivity contribution in [3.8, 4) is 0 Å². The number of primary amides is 1. The molecule has 0 aliphatic heterocycles. The molecule has 0 fully saturated rings. The van der Waals surface area contributed by atoms with Gasteiger partial charge in [-0.05, 0) is 24.3 Å². The van der Waals surface area contributed by atoms with Gasteiger partial charge in [-0.15, -0.1) is 0 Å². The molecule has 0 unspecified atom stereocenters. The van der Waals surface area contributed by atoms with Gasteiger partial charge in [0.05, 0.1) is 22.5 Å². The van der Waals surface area contributed by atoms with E-state index in [2.05, 4.69) is 10.6 Å². The third-order valence-corrected chi connectivity index (χ3v) is 2.84. The van der Waals surface area contributed by atoms with Crippen LogP contribution in [-0.4, -0.2) is 23.0 Å². The number of nitrogens with two attached hydrogens (primary N) is 1. The number of urea groups is 1. The molecule has 0 radical (unpaired) electrons. The van der Waals surface area contributed by atoms with Crippen LogP contribution in [0, 0.1) is 0 Å². The number of nitrogens with one attached hydrogen (secondary N) is 2. The highest BCUT2D eigenvalue weighted by atomic mass is 16.4. The number of rotatable bonds is 4. The fourth-order valence-corrected chi connectivity index (χ4v) is 1.89. The van der Waals surface area contributed by atoms with Crippen molar-refractivity contribution < 1.29 is 19.5 Å². The highest BCUT2D eigenvalue weighted by Crippen LogP contribution is 2.19. The summed E-state index contributed by atoms with van der Waals surface area (Å²) in [7, 11) is 0. The first-order valence-electron chi connectivity index (χ1n) is 6.28. The number of carbonyl (C=O) groups is 3. The summed E-state index contributed by atoms with van der Waals surface area (Å²) >= 11 is 0. The van der Waals surface area contributed by atoms with Gasteiger partial charge >= 0.3 is 12.0 Å². The predicted octanol–water partition coefficient (Wildman–Crippen LogP) is 2.13. The van der Waals surface area contributed by atoms with Crippen molar-refractivity contribution in [3.63, 3.8) is 0 Å². The van der Waals surface area contributed by atoms with Gasteiger partial charge in [0.15, 0.2) is 0 Å². The van der Waals surface area contributed by atoms with E-state index in [1.807, 2.05) is 0 Å². The lowest BCUT2D eigenvalue weighted by Gasteiger charge is -2.11. The Morgan fingerprint density at radius 2 is 1.32 bits per heavy atom. The maximum absolute atomic E-state index is 12.3. The van der Waals surface area contributed by atoms with Crippen LogP contribution in [0.15, 0.2) is 48.5 Å². The van der Waals surface area contributed by atoms with E-state index in [1.54, 1.807) is 24.3 Å². The maximum atomic E-state index is 12.3. The second-order valence-corrected chi connectivity index (χ2v) is 4.34. The Balaban J connectivity index is 2.31. The molecule has 0 heterocycles. The van der Waals surface area contributed by atoms with Crippen LogP contribution >= 0.6 is 0 Å². The zero-order valence-corrected chi connectivity index (χ0v) is 11.4. The zero-order valence-electron chi connectivity index (χ0n) is 11.4. The van der Waals surface area contributed by atoms with Crippen molar-refractivity contribution in [1.82, 2.24) is 0 Å². The fraction of sp³-hybridized carbons (Fsp3) is 0. The number of benzene rings is 2. The normalized spacial score (nSPS) is 9.82. The van der Waals surface area contributed by atoms with Crippen LogP contribution in [0.3, 0.4) is 0 Å². The van der Waals surface area contributed by atoms with Gasteiger partial charge in [0.1, 0.15) is 0 Å². The minimum atomic E-state index is -1.15. The van der Waals surface area contributed by atoms with Gasteiger partial charge in [-0.2, -0.15) is 0 Å². The van der Waals surface area contributed by atoms with Crippen LogP contribution in [0.25, 0.3) is 0 Å². The first kappa shape index (κ1) is 15.0. The average molecular weight is 299 g/mol. The first-order valence-corrected chi connectivity index (χ1v) is 6.28. The number of carbonyl (C=O) groups excluding carboxylic acids is 2. The average Bonchev–Trinajstić information content (AvgIpc) is 2.47. The van der Waals surface area contributed by atoms with Gasteiger partial charge in [-0.1, -0.05) is 24.3 Å². The minimum Gasteiger partial charge on any atom is -0.478 e. The molecule has 2 aromatic rings. The summed E-state index contributed by atoms with van der Waals surface area (Å²) in [5, 5.41) is 13.9. The van der Waals surface area contributed by atoms with Gasteiger partial charge in [-0.25, -0.2) is 9.59 Å². The lowest BCUT2D eigenvalue weighted by Crippen LogP contribution is -2.22. The lowest BCUT2D eigenvalue weighted by molar-refractivity contribution is 0.0698. The molecular weight excluding hydrogens is 286 g/mol. The molecule has 112 valence electrons. The molecule has 0 atom stereocenters. The molecule has 7 nitrogen and oxygen atoms in total. The van der Waals surface area contributed by atoms with Crippen LogP contribution in [0.1, 0.15) is 20.7 Å². The van der Waals surface area contributed by atoms with E-state index in [-0.39, 0.29) is 22.5 Å². The van der Waals surface area contributed by atoms with Crippen molar-refractivity contribution in [2.45, 2.75) is 0 Å². The Morgan fingerprint density at radius 1 is 0.818 bits per heavy atom. The zero-order chi connectivity index (χ0) is 16.1. The van der Waals surface area contributed by atoms with E-state index in [0.717, 1.165) is 0 Å². The molecule has 5 N–H and O–H groups in total. The van der Waals surface area contributed by atoms with E-state index in [0.29, 0.717) is 0 Å². The Labute approximate surface area is 125 Å². The van der Waals surface area contributed by atoms with Gasteiger partial charge < -0.3 is 21.5 Å². The summed E-state index contributed by atoms with van der Waals surface area (Å²) in [6.45, 7) is 0. The van der Waals surface area contributed by atoms with E-state index >= 15 is 0 Å². The van der Waals surface area contributed by atoms with Crippen molar-refractivity contribution in [2.75, 3.05) is 10.6 Å². The molecule has 0 aliphatic carbocycles. The quantitative estimate of drug-likeness (QED) is 0.690. The fourth-order valence-electron chi connectivity index (χ4n) is 1.89. The van der Waals surface area contributed by atoms with Crippen molar-refractivity contribution in [1.29, 1.82) is 0 Å². The van der Waals surface area contributed by atoms with Gasteiger partial charge in [-0.3, -0.25) is 4.79 Å². The van der Waals surface area contributed by atoms with Crippen LogP contribution < -0.4 is 16.4 Å². The SMILES string of the molecule is NC(=O)Nc1ccccc1C(=O)Nc1ccccc1C(=O)O. The lowest BCUT2D eigenvalue weighted by atomic mass is 10.1. The molecule has 2 aromatic carbocycles. The second-order valence-electron chi connectivity index (χ2n) is 4.34. The summed E-state index contributed by atoms with van der Waals surface area (Å²) in [5.74, 6) is -1.71. The standard InChI is InChI=1S/C15H13N3O4/c16-15(22)18-11-7-3-1-5-9(11)13(19)17-12-8-4-2-6-10(12)14(20)21/h1-8H,(H,17,19)(H,20,21)(H3,16,18,22). The smallest absolute Gasteiger partial charge is 0.337 e. The molecule has 3 amide bonds. The summed E-state index contributed by atoms with van der Waals surface area (Å²) in [5.41, 5.74) is 5.58. The molecular formula is C15H13N3O4. The third kappa shape index (κ3) is 3.40. The molecule has 0 saturated carbocycles. The highest BCUT2D eigenvalue weighted by molar-refractivity contribution is 6.11. The second kappa shape index (κ2) is 6.40. The number of para-hydroxylation sites is 2. The summed E-state index contributed by atoms with van der Waals surface area (Å²) in [6.07, 6.45) is 0. The third-order valence-electron chi connectivity index (χ3n) is 2.84. The molecule has 0 aliphatic rings. The van der Waals surface area contributed by atoms with Crippen molar-refractivity contribution >= 4 is 29.3 Å². The molecule has 0 spiro atoms. The number of hydrogen-bond acceptors (Lipinski definition) is 3. The largest absolute Gasteiger partial charge is 0.478 e. The molecule has 0 aromatic heterocycles. The monoisotopic (exact) mass is 299 g/mol. The maximum Gasteiger partial charge on any atom is 0.337 e. The number of aromatic carboxylic acids is 1. The number of anilines is 2. The first-order chi connectivity index (χ1) is 10.5. The Bertz CT molecular complexity index is 743. The van der Waals surface area contributed by atoms with E-state index < -0.39 is 17.9 Å². The van der Waals surface area contributed by atoms with Crippen LogP contribution in [0.5, 0.6) is 0 Å². The number of carboxylic acids is 1.